The third kappa shape index (κ3) is 4.25. The van der Waals surface area contributed by atoms with Crippen molar-refractivity contribution >= 4 is 0 Å². The topological polar surface area (TPSA) is 12.0 Å². The molecule has 1 atom stereocenters. The number of hydrogen-bond acceptors (Lipinski definition) is 1. The first-order valence-electron chi connectivity index (χ1n) is 5.46. The van der Waals surface area contributed by atoms with Gasteiger partial charge in [0.05, 0.1) is 6.42 Å². The van der Waals surface area contributed by atoms with Crippen LogP contribution in [-0.2, 0) is 0 Å². The monoisotopic (exact) mass is 267 g/mol. The first-order valence-corrected chi connectivity index (χ1v) is 5.46. The number of benzene rings is 1. The zero-order valence-electron chi connectivity index (χ0n) is 10.0. The second-order valence-corrected chi connectivity index (χ2v) is 4.16. The van der Waals surface area contributed by atoms with E-state index in [4.69, 9.17) is 0 Å². The highest BCUT2D eigenvalue weighted by atomic mass is 19.4. The molecule has 0 radical (unpaired) electrons. The van der Waals surface area contributed by atoms with E-state index < -0.39 is 30.3 Å². The minimum atomic E-state index is -4.26. The number of aryl methyl sites for hydroxylation is 1. The van der Waals surface area contributed by atoms with Crippen LogP contribution in [0.1, 0.15) is 30.5 Å². The number of rotatable bonds is 4. The lowest BCUT2D eigenvalue weighted by Gasteiger charge is -2.16. The van der Waals surface area contributed by atoms with E-state index in [1.165, 1.54) is 13.8 Å². The summed E-state index contributed by atoms with van der Waals surface area (Å²) in [5, 5.41) is 2.52. The van der Waals surface area contributed by atoms with Gasteiger partial charge < -0.3 is 5.32 Å². The van der Waals surface area contributed by atoms with Crippen molar-refractivity contribution in [1.29, 1.82) is 0 Å². The van der Waals surface area contributed by atoms with Crippen molar-refractivity contribution in [1.82, 2.24) is 5.32 Å². The fraction of sp³-hybridized carbons (Fsp3) is 0.500. The molecule has 0 aliphatic rings. The molecule has 0 fully saturated rings. The van der Waals surface area contributed by atoms with E-state index in [1.54, 1.807) is 0 Å². The molecule has 1 N–H and O–H groups in total. The molecule has 0 saturated carbocycles. The maximum absolute atomic E-state index is 13.5. The fourth-order valence-electron chi connectivity index (χ4n) is 1.53. The van der Waals surface area contributed by atoms with Gasteiger partial charge in [0, 0.05) is 18.2 Å². The summed E-state index contributed by atoms with van der Waals surface area (Å²) < 4.78 is 62.6. The van der Waals surface area contributed by atoms with Gasteiger partial charge in [-0.15, -0.1) is 0 Å². The summed E-state index contributed by atoms with van der Waals surface area (Å²) >= 11 is 0. The van der Waals surface area contributed by atoms with Crippen molar-refractivity contribution in [3.8, 4) is 0 Å². The Morgan fingerprint density at radius 3 is 2.33 bits per heavy atom. The molecule has 0 amide bonds. The highest BCUT2D eigenvalue weighted by Crippen LogP contribution is 2.22. The molecule has 0 bridgehead atoms. The summed E-state index contributed by atoms with van der Waals surface area (Å²) in [6, 6.07) is 1.37. The molecular formula is C12H14F5N. The van der Waals surface area contributed by atoms with E-state index in [2.05, 4.69) is 5.32 Å². The maximum atomic E-state index is 13.5. The van der Waals surface area contributed by atoms with Crippen LogP contribution in [0.5, 0.6) is 0 Å². The van der Waals surface area contributed by atoms with Gasteiger partial charge in [-0.2, -0.15) is 13.2 Å². The van der Waals surface area contributed by atoms with Crippen LogP contribution in [0.2, 0.25) is 0 Å². The van der Waals surface area contributed by atoms with Crippen molar-refractivity contribution in [2.24, 2.45) is 0 Å². The standard InChI is InChI=1S/C12H14F5N/c1-7-5-11(14)9(6-10(7)13)8(2)18-4-3-12(15,16)17/h5-6,8,18H,3-4H2,1-2H3. The van der Waals surface area contributed by atoms with Crippen molar-refractivity contribution in [2.45, 2.75) is 32.5 Å². The quantitative estimate of drug-likeness (QED) is 0.816. The van der Waals surface area contributed by atoms with E-state index in [-0.39, 0.29) is 17.7 Å². The molecule has 1 nitrogen and oxygen atoms in total. The van der Waals surface area contributed by atoms with Crippen LogP contribution >= 0.6 is 0 Å². The average Bonchev–Trinajstić information content (AvgIpc) is 2.21. The normalized spacial score (nSPS) is 13.7. The number of nitrogens with one attached hydrogen (secondary N) is 1. The first-order chi connectivity index (χ1) is 8.20. The minimum absolute atomic E-state index is 0.0280. The molecule has 1 unspecified atom stereocenters. The van der Waals surface area contributed by atoms with Gasteiger partial charge >= 0.3 is 6.18 Å². The first kappa shape index (κ1) is 14.9. The van der Waals surface area contributed by atoms with Crippen LogP contribution in [0.4, 0.5) is 22.0 Å². The zero-order chi connectivity index (χ0) is 13.9. The molecule has 0 aliphatic carbocycles. The molecule has 6 heteroatoms. The van der Waals surface area contributed by atoms with Gasteiger partial charge in [0.15, 0.2) is 0 Å². The highest BCUT2D eigenvalue weighted by Gasteiger charge is 2.26. The Labute approximate surface area is 102 Å². The van der Waals surface area contributed by atoms with Crippen LogP contribution in [0.3, 0.4) is 0 Å². The van der Waals surface area contributed by atoms with Gasteiger partial charge in [-0.3, -0.25) is 0 Å². The second-order valence-electron chi connectivity index (χ2n) is 4.16. The molecule has 0 aromatic heterocycles. The highest BCUT2D eigenvalue weighted by molar-refractivity contribution is 5.27. The fourth-order valence-corrected chi connectivity index (χ4v) is 1.53. The molecule has 0 heterocycles. The van der Waals surface area contributed by atoms with Crippen LogP contribution in [0.25, 0.3) is 0 Å². The van der Waals surface area contributed by atoms with Crippen LogP contribution in [-0.4, -0.2) is 12.7 Å². The molecule has 0 saturated heterocycles. The lowest BCUT2D eigenvalue weighted by atomic mass is 10.0. The molecule has 1 aromatic carbocycles. The Kier molecular flexibility index (Phi) is 4.67. The summed E-state index contributed by atoms with van der Waals surface area (Å²) in [7, 11) is 0. The van der Waals surface area contributed by atoms with Crippen LogP contribution in [0, 0.1) is 18.6 Å². The Morgan fingerprint density at radius 1 is 1.17 bits per heavy atom. The third-order valence-corrected chi connectivity index (χ3v) is 2.60. The van der Waals surface area contributed by atoms with E-state index in [1.807, 2.05) is 0 Å². The summed E-state index contributed by atoms with van der Waals surface area (Å²) in [5.74, 6) is -1.20. The third-order valence-electron chi connectivity index (χ3n) is 2.60. The van der Waals surface area contributed by atoms with Gasteiger partial charge in [0.1, 0.15) is 11.6 Å². The van der Waals surface area contributed by atoms with E-state index in [9.17, 15) is 22.0 Å². The van der Waals surface area contributed by atoms with Crippen molar-refractivity contribution in [2.75, 3.05) is 6.54 Å². The summed E-state index contributed by atoms with van der Waals surface area (Å²) in [6.45, 7) is 2.58. The van der Waals surface area contributed by atoms with Gasteiger partial charge in [-0.25, -0.2) is 8.78 Å². The Morgan fingerprint density at radius 2 is 1.78 bits per heavy atom. The minimum Gasteiger partial charge on any atom is -0.310 e. The van der Waals surface area contributed by atoms with Crippen molar-refractivity contribution in [3.63, 3.8) is 0 Å². The van der Waals surface area contributed by atoms with Gasteiger partial charge in [0.25, 0.3) is 0 Å². The Bertz CT molecular complexity index is 414. The van der Waals surface area contributed by atoms with Crippen molar-refractivity contribution < 1.29 is 22.0 Å². The molecule has 1 rings (SSSR count). The molecule has 102 valence electrons. The smallest absolute Gasteiger partial charge is 0.310 e. The Hall–Kier alpha value is -1.17. The molecular weight excluding hydrogens is 253 g/mol. The summed E-state index contributed by atoms with van der Waals surface area (Å²) in [5.41, 5.74) is 0.194. The molecule has 1 aromatic rings. The predicted octanol–water partition coefficient (Wildman–Crippen LogP) is 3.88. The molecule has 0 aliphatic heterocycles. The molecule has 18 heavy (non-hydrogen) atoms. The zero-order valence-corrected chi connectivity index (χ0v) is 10.0. The van der Waals surface area contributed by atoms with Crippen LogP contribution < -0.4 is 5.32 Å². The van der Waals surface area contributed by atoms with Gasteiger partial charge in [0.2, 0.25) is 0 Å². The largest absolute Gasteiger partial charge is 0.390 e. The number of halogens is 5. The lowest BCUT2D eigenvalue weighted by molar-refractivity contribution is -0.133. The number of alkyl halides is 3. The molecule has 0 spiro atoms. The van der Waals surface area contributed by atoms with E-state index in [0.717, 1.165) is 12.1 Å². The van der Waals surface area contributed by atoms with E-state index in [0.29, 0.717) is 0 Å². The maximum Gasteiger partial charge on any atom is 0.390 e. The van der Waals surface area contributed by atoms with Crippen LogP contribution in [0.15, 0.2) is 12.1 Å². The summed E-state index contributed by atoms with van der Waals surface area (Å²) in [4.78, 5) is 0. The summed E-state index contributed by atoms with van der Waals surface area (Å²) in [6.07, 6.45) is -5.27. The SMILES string of the molecule is Cc1cc(F)c(C(C)NCCC(F)(F)F)cc1F. The van der Waals surface area contributed by atoms with Crippen molar-refractivity contribution in [3.05, 3.63) is 34.9 Å². The predicted molar refractivity (Wildman–Crippen MR) is 58.2 cm³/mol. The van der Waals surface area contributed by atoms with Gasteiger partial charge in [-0.1, -0.05) is 0 Å². The van der Waals surface area contributed by atoms with Gasteiger partial charge in [-0.05, 0) is 31.5 Å². The number of hydrogen-bond donors (Lipinski definition) is 1. The second kappa shape index (κ2) is 5.65. The van der Waals surface area contributed by atoms with E-state index >= 15 is 0 Å². The average molecular weight is 267 g/mol. The Balaban J connectivity index is 2.67. The lowest BCUT2D eigenvalue weighted by Crippen LogP contribution is -2.25.